The zero-order valence-electron chi connectivity index (χ0n) is 11.1. The third-order valence-electron chi connectivity index (χ3n) is 2.54. The summed E-state index contributed by atoms with van der Waals surface area (Å²) >= 11 is 5.97. The molecule has 19 heavy (non-hydrogen) atoms. The molecule has 0 spiro atoms. The largest absolute Gasteiger partial charge is 0.370 e. The van der Waals surface area contributed by atoms with Gasteiger partial charge in [-0.15, -0.1) is 0 Å². The lowest BCUT2D eigenvalue weighted by molar-refractivity contribution is 0.939. The Balaban J connectivity index is 2.26. The smallest absolute Gasteiger partial charge is 0.136 e. The standard InChI is InChI=1S/C14H17ClN4/c1-3-12-18-13(16-4-2)9-14(19-12)17-11-7-5-6-10(15)8-11/h5-9H,3-4H2,1-2H3,(H2,16,17,18,19). The highest BCUT2D eigenvalue weighted by Gasteiger charge is 2.03. The number of aryl methyl sites for hydroxylation is 1. The van der Waals surface area contributed by atoms with Crippen molar-refractivity contribution in [3.05, 3.63) is 41.2 Å². The van der Waals surface area contributed by atoms with Crippen molar-refractivity contribution in [3.63, 3.8) is 0 Å². The van der Waals surface area contributed by atoms with Crippen molar-refractivity contribution in [1.82, 2.24) is 9.97 Å². The average molecular weight is 277 g/mol. The quantitative estimate of drug-likeness (QED) is 0.870. The van der Waals surface area contributed by atoms with Crippen LogP contribution in [0.2, 0.25) is 5.02 Å². The third kappa shape index (κ3) is 3.83. The van der Waals surface area contributed by atoms with Crippen LogP contribution < -0.4 is 10.6 Å². The second kappa shape index (κ2) is 6.38. The molecule has 5 heteroatoms. The van der Waals surface area contributed by atoms with E-state index in [0.717, 1.165) is 36.1 Å². The van der Waals surface area contributed by atoms with E-state index in [1.165, 1.54) is 0 Å². The number of anilines is 3. The van der Waals surface area contributed by atoms with Crippen molar-refractivity contribution < 1.29 is 0 Å². The summed E-state index contributed by atoms with van der Waals surface area (Å²) in [6.45, 7) is 4.91. The van der Waals surface area contributed by atoms with Gasteiger partial charge in [0.1, 0.15) is 17.5 Å². The third-order valence-corrected chi connectivity index (χ3v) is 2.78. The number of halogens is 1. The lowest BCUT2D eigenvalue weighted by Gasteiger charge is -2.10. The lowest BCUT2D eigenvalue weighted by atomic mass is 10.3. The fraction of sp³-hybridized carbons (Fsp3) is 0.286. The summed E-state index contributed by atoms with van der Waals surface area (Å²) in [6, 6.07) is 9.45. The maximum atomic E-state index is 5.97. The molecule has 0 saturated carbocycles. The molecule has 0 radical (unpaired) electrons. The van der Waals surface area contributed by atoms with E-state index in [1.807, 2.05) is 44.2 Å². The monoisotopic (exact) mass is 276 g/mol. The van der Waals surface area contributed by atoms with Gasteiger partial charge < -0.3 is 10.6 Å². The van der Waals surface area contributed by atoms with Gasteiger partial charge in [0.05, 0.1) is 0 Å². The van der Waals surface area contributed by atoms with E-state index in [2.05, 4.69) is 20.6 Å². The average Bonchev–Trinajstić information content (AvgIpc) is 2.39. The van der Waals surface area contributed by atoms with Crippen molar-refractivity contribution >= 4 is 28.9 Å². The van der Waals surface area contributed by atoms with Crippen molar-refractivity contribution in [2.75, 3.05) is 17.2 Å². The van der Waals surface area contributed by atoms with Gasteiger partial charge in [-0.3, -0.25) is 0 Å². The first-order valence-electron chi connectivity index (χ1n) is 6.35. The van der Waals surface area contributed by atoms with Crippen LogP contribution in [0, 0.1) is 0 Å². The highest BCUT2D eigenvalue weighted by atomic mass is 35.5. The minimum Gasteiger partial charge on any atom is -0.370 e. The van der Waals surface area contributed by atoms with Gasteiger partial charge in [0.2, 0.25) is 0 Å². The molecule has 100 valence electrons. The first-order chi connectivity index (χ1) is 9.21. The van der Waals surface area contributed by atoms with Gasteiger partial charge in [0, 0.05) is 29.7 Å². The molecule has 0 amide bonds. The maximum absolute atomic E-state index is 5.97. The number of hydrogen-bond acceptors (Lipinski definition) is 4. The van der Waals surface area contributed by atoms with Crippen LogP contribution >= 0.6 is 11.6 Å². The molecule has 0 aliphatic heterocycles. The van der Waals surface area contributed by atoms with Crippen LogP contribution in [0.15, 0.2) is 30.3 Å². The van der Waals surface area contributed by atoms with Gasteiger partial charge in [-0.1, -0.05) is 24.6 Å². The molecule has 0 unspecified atom stereocenters. The van der Waals surface area contributed by atoms with E-state index >= 15 is 0 Å². The second-order valence-corrected chi connectivity index (χ2v) is 4.51. The van der Waals surface area contributed by atoms with Gasteiger partial charge in [-0.05, 0) is 25.1 Å². The number of nitrogens with one attached hydrogen (secondary N) is 2. The van der Waals surface area contributed by atoms with Crippen LogP contribution in [0.3, 0.4) is 0 Å². The zero-order valence-corrected chi connectivity index (χ0v) is 11.8. The molecule has 0 atom stereocenters. The summed E-state index contributed by atoms with van der Waals surface area (Å²) in [5.41, 5.74) is 0.913. The topological polar surface area (TPSA) is 49.8 Å². The van der Waals surface area contributed by atoms with Gasteiger partial charge in [0.25, 0.3) is 0 Å². The summed E-state index contributed by atoms with van der Waals surface area (Å²) < 4.78 is 0. The fourth-order valence-corrected chi connectivity index (χ4v) is 1.90. The van der Waals surface area contributed by atoms with Gasteiger partial charge in [-0.2, -0.15) is 0 Å². The van der Waals surface area contributed by atoms with E-state index in [9.17, 15) is 0 Å². The SMILES string of the molecule is CCNc1cc(Nc2cccc(Cl)c2)nc(CC)n1. The molecule has 0 saturated heterocycles. The summed E-state index contributed by atoms with van der Waals surface area (Å²) in [5.74, 6) is 2.41. The molecule has 1 aromatic heterocycles. The molecule has 0 fully saturated rings. The summed E-state index contributed by atoms with van der Waals surface area (Å²) in [6.07, 6.45) is 0.795. The molecule has 4 nitrogen and oxygen atoms in total. The van der Waals surface area contributed by atoms with Crippen LogP contribution in [-0.2, 0) is 6.42 Å². The second-order valence-electron chi connectivity index (χ2n) is 4.07. The van der Waals surface area contributed by atoms with Crippen molar-refractivity contribution in [1.29, 1.82) is 0 Å². The number of hydrogen-bond donors (Lipinski definition) is 2. The number of nitrogens with zero attached hydrogens (tertiary/aromatic N) is 2. The first kappa shape index (κ1) is 13.6. The van der Waals surface area contributed by atoms with Gasteiger partial charge in [-0.25, -0.2) is 9.97 Å². The van der Waals surface area contributed by atoms with Crippen molar-refractivity contribution in [2.24, 2.45) is 0 Å². The Morgan fingerprint density at radius 3 is 2.58 bits per heavy atom. The van der Waals surface area contributed by atoms with Gasteiger partial charge >= 0.3 is 0 Å². The van der Waals surface area contributed by atoms with E-state index < -0.39 is 0 Å². The molecule has 0 aliphatic carbocycles. The Morgan fingerprint density at radius 2 is 1.89 bits per heavy atom. The highest BCUT2D eigenvalue weighted by Crippen LogP contribution is 2.20. The first-order valence-corrected chi connectivity index (χ1v) is 6.73. The highest BCUT2D eigenvalue weighted by molar-refractivity contribution is 6.30. The van der Waals surface area contributed by atoms with E-state index in [0.29, 0.717) is 5.02 Å². The molecule has 2 N–H and O–H groups in total. The summed E-state index contributed by atoms with van der Waals surface area (Å²) in [7, 11) is 0. The minimum atomic E-state index is 0.696. The van der Waals surface area contributed by atoms with Crippen LogP contribution in [0.25, 0.3) is 0 Å². The minimum absolute atomic E-state index is 0.696. The number of rotatable bonds is 5. The van der Waals surface area contributed by atoms with Crippen LogP contribution in [0.5, 0.6) is 0 Å². The zero-order chi connectivity index (χ0) is 13.7. The Morgan fingerprint density at radius 1 is 1.11 bits per heavy atom. The van der Waals surface area contributed by atoms with Crippen LogP contribution in [0.1, 0.15) is 19.7 Å². The van der Waals surface area contributed by atoms with Crippen LogP contribution in [0.4, 0.5) is 17.3 Å². The Hall–Kier alpha value is -1.81. The van der Waals surface area contributed by atoms with Gasteiger partial charge in [0.15, 0.2) is 0 Å². The molecular weight excluding hydrogens is 260 g/mol. The van der Waals surface area contributed by atoms with E-state index in [-0.39, 0.29) is 0 Å². The van der Waals surface area contributed by atoms with E-state index in [4.69, 9.17) is 11.6 Å². The molecule has 0 bridgehead atoms. The number of aromatic nitrogens is 2. The molecular formula is C14H17ClN4. The molecule has 1 aromatic carbocycles. The maximum Gasteiger partial charge on any atom is 0.136 e. The summed E-state index contributed by atoms with van der Waals surface area (Å²) in [5, 5.41) is 7.14. The summed E-state index contributed by atoms with van der Waals surface area (Å²) in [4.78, 5) is 8.87. The number of benzene rings is 1. The predicted octanol–water partition coefficient (Wildman–Crippen LogP) is 3.87. The predicted molar refractivity (Wildman–Crippen MR) is 80.3 cm³/mol. The van der Waals surface area contributed by atoms with E-state index in [1.54, 1.807) is 0 Å². The fourth-order valence-electron chi connectivity index (χ4n) is 1.71. The normalized spacial score (nSPS) is 10.3. The lowest BCUT2D eigenvalue weighted by Crippen LogP contribution is -2.05. The van der Waals surface area contributed by atoms with Crippen molar-refractivity contribution in [3.8, 4) is 0 Å². The van der Waals surface area contributed by atoms with Crippen molar-refractivity contribution in [2.45, 2.75) is 20.3 Å². The molecule has 1 heterocycles. The molecule has 2 aromatic rings. The molecule has 0 aliphatic rings. The Bertz CT molecular complexity index is 557. The van der Waals surface area contributed by atoms with Crippen LogP contribution in [-0.4, -0.2) is 16.5 Å². The Labute approximate surface area is 118 Å². The molecule has 2 rings (SSSR count). The Kier molecular flexibility index (Phi) is 4.58.